The molecule has 1 aromatic carbocycles. The predicted molar refractivity (Wildman–Crippen MR) is 63.7 cm³/mol. The van der Waals surface area contributed by atoms with Crippen LogP contribution in [0.5, 0.6) is 5.75 Å². The third-order valence-corrected chi connectivity index (χ3v) is 2.61. The highest BCUT2D eigenvalue weighted by Gasteiger charge is 2.03. The Bertz CT molecular complexity index is 471. The average molecular weight is 216 g/mol. The molecule has 0 bridgehead atoms. The maximum absolute atomic E-state index is 5.13. The van der Waals surface area contributed by atoms with Crippen molar-refractivity contribution in [3.05, 3.63) is 47.5 Å². The molecule has 0 saturated heterocycles. The van der Waals surface area contributed by atoms with Gasteiger partial charge in [0, 0.05) is 19.7 Å². The number of hydrogen-bond acceptors (Lipinski definition) is 2. The molecule has 2 rings (SSSR count). The van der Waals surface area contributed by atoms with E-state index in [1.165, 1.54) is 5.56 Å². The quantitative estimate of drug-likeness (QED) is 0.787. The zero-order chi connectivity index (χ0) is 11.5. The molecule has 0 aliphatic carbocycles. The van der Waals surface area contributed by atoms with E-state index in [1.807, 2.05) is 32.3 Å². The molecule has 0 aliphatic heterocycles. The van der Waals surface area contributed by atoms with Crippen LogP contribution in [-0.2, 0) is 13.5 Å². The second kappa shape index (κ2) is 4.39. The number of nitrogens with zero attached hydrogens (tertiary/aromatic N) is 2. The van der Waals surface area contributed by atoms with E-state index in [9.17, 15) is 0 Å². The van der Waals surface area contributed by atoms with Crippen molar-refractivity contribution in [3.8, 4) is 5.75 Å². The largest absolute Gasteiger partial charge is 0.497 e. The average Bonchev–Trinajstić information content (AvgIpc) is 2.59. The van der Waals surface area contributed by atoms with Gasteiger partial charge in [0.1, 0.15) is 11.6 Å². The van der Waals surface area contributed by atoms with Crippen LogP contribution in [0.4, 0.5) is 0 Å². The molecule has 84 valence electrons. The number of hydrogen-bond donors (Lipinski definition) is 0. The Hall–Kier alpha value is -1.77. The van der Waals surface area contributed by atoms with Gasteiger partial charge in [-0.15, -0.1) is 0 Å². The van der Waals surface area contributed by atoms with E-state index >= 15 is 0 Å². The molecule has 0 atom stereocenters. The summed E-state index contributed by atoms with van der Waals surface area (Å²) >= 11 is 0. The van der Waals surface area contributed by atoms with E-state index in [-0.39, 0.29) is 0 Å². The van der Waals surface area contributed by atoms with Crippen molar-refractivity contribution < 1.29 is 4.74 Å². The van der Waals surface area contributed by atoms with Gasteiger partial charge in [-0.2, -0.15) is 0 Å². The zero-order valence-electron chi connectivity index (χ0n) is 9.90. The summed E-state index contributed by atoms with van der Waals surface area (Å²) in [5.41, 5.74) is 2.31. The van der Waals surface area contributed by atoms with Crippen molar-refractivity contribution in [2.24, 2.45) is 7.05 Å². The second-order valence-corrected chi connectivity index (χ2v) is 3.93. The minimum Gasteiger partial charge on any atom is -0.497 e. The molecule has 16 heavy (non-hydrogen) atoms. The third kappa shape index (κ3) is 2.24. The van der Waals surface area contributed by atoms with E-state index < -0.39 is 0 Å². The minimum absolute atomic E-state index is 0.855. The summed E-state index contributed by atoms with van der Waals surface area (Å²) in [6.45, 7) is 2.01. The summed E-state index contributed by atoms with van der Waals surface area (Å²) in [6.07, 6.45) is 2.90. The smallest absolute Gasteiger partial charge is 0.118 e. The molecule has 0 fully saturated rings. The molecule has 0 N–H and O–H groups in total. The summed E-state index contributed by atoms with van der Waals surface area (Å²) in [4.78, 5) is 4.48. The van der Waals surface area contributed by atoms with Crippen LogP contribution in [0.3, 0.4) is 0 Å². The first-order chi connectivity index (χ1) is 7.69. The topological polar surface area (TPSA) is 27.1 Å². The summed E-state index contributed by atoms with van der Waals surface area (Å²) in [6, 6.07) is 8.10. The Morgan fingerprint density at radius 3 is 2.44 bits per heavy atom. The van der Waals surface area contributed by atoms with Crippen LogP contribution in [0.2, 0.25) is 0 Å². The van der Waals surface area contributed by atoms with Gasteiger partial charge in [0.2, 0.25) is 0 Å². The van der Waals surface area contributed by atoms with Crippen molar-refractivity contribution in [1.29, 1.82) is 0 Å². The predicted octanol–water partition coefficient (Wildman–Crippen LogP) is 2.33. The molecule has 1 aromatic heterocycles. The van der Waals surface area contributed by atoms with E-state index in [1.54, 1.807) is 7.11 Å². The van der Waals surface area contributed by atoms with Gasteiger partial charge in [0.25, 0.3) is 0 Å². The number of rotatable bonds is 3. The maximum Gasteiger partial charge on any atom is 0.118 e. The Morgan fingerprint density at radius 1 is 1.25 bits per heavy atom. The van der Waals surface area contributed by atoms with Gasteiger partial charge in [-0.1, -0.05) is 12.1 Å². The fourth-order valence-electron chi connectivity index (χ4n) is 1.76. The fraction of sp³-hybridized carbons (Fsp3) is 0.308. The highest BCUT2D eigenvalue weighted by molar-refractivity contribution is 5.29. The molecular weight excluding hydrogens is 200 g/mol. The summed E-state index contributed by atoms with van der Waals surface area (Å²) < 4.78 is 7.20. The molecule has 3 heteroatoms. The molecule has 1 heterocycles. The number of imidazole rings is 1. The van der Waals surface area contributed by atoms with Gasteiger partial charge < -0.3 is 9.30 Å². The lowest BCUT2D eigenvalue weighted by atomic mass is 10.1. The molecular formula is C13H16N2O. The van der Waals surface area contributed by atoms with Crippen LogP contribution in [0.25, 0.3) is 0 Å². The van der Waals surface area contributed by atoms with Crippen molar-refractivity contribution in [3.63, 3.8) is 0 Å². The minimum atomic E-state index is 0.855. The molecule has 0 amide bonds. The van der Waals surface area contributed by atoms with Crippen molar-refractivity contribution >= 4 is 0 Å². The third-order valence-electron chi connectivity index (χ3n) is 2.61. The number of methoxy groups -OCH3 is 1. The SMILES string of the molecule is COc1ccc(Cc2nc(C)cn2C)cc1. The van der Waals surface area contributed by atoms with Gasteiger partial charge in [0.15, 0.2) is 0 Å². The van der Waals surface area contributed by atoms with E-state index in [0.29, 0.717) is 0 Å². The summed E-state index contributed by atoms with van der Waals surface area (Å²) in [5, 5.41) is 0. The van der Waals surface area contributed by atoms with Crippen LogP contribution >= 0.6 is 0 Å². The Balaban J connectivity index is 2.17. The first-order valence-electron chi connectivity index (χ1n) is 5.31. The van der Waals surface area contributed by atoms with Gasteiger partial charge in [-0.3, -0.25) is 0 Å². The molecule has 0 radical (unpaired) electrons. The van der Waals surface area contributed by atoms with Gasteiger partial charge in [-0.25, -0.2) is 4.98 Å². The number of aryl methyl sites for hydroxylation is 2. The van der Waals surface area contributed by atoms with Crippen LogP contribution in [0.1, 0.15) is 17.1 Å². The van der Waals surface area contributed by atoms with Crippen LogP contribution in [0.15, 0.2) is 30.5 Å². The normalized spacial score (nSPS) is 10.4. The van der Waals surface area contributed by atoms with Crippen molar-refractivity contribution in [1.82, 2.24) is 9.55 Å². The summed E-state index contributed by atoms with van der Waals surface area (Å²) in [7, 11) is 3.70. The number of ether oxygens (including phenoxy) is 1. The van der Waals surface area contributed by atoms with E-state index in [0.717, 1.165) is 23.7 Å². The highest BCUT2D eigenvalue weighted by atomic mass is 16.5. The zero-order valence-corrected chi connectivity index (χ0v) is 9.90. The monoisotopic (exact) mass is 216 g/mol. The molecule has 3 nitrogen and oxygen atoms in total. The van der Waals surface area contributed by atoms with Gasteiger partial charge in [-0.05, 0) is 24.6 Å². The van der Waals surface area contributed by atoms with Crippen molar-refractivity contribution in [2.75, 3.05) is 7.11 Å². The van der Waals surface area contributed by atoms with E-state index in [2.05, 4.69) is 21.7 Å². The van der Waals surface area contributed by atoms with Crippen molar-refractivity contribution in [2.45, 2.75) is 13.3 Å². The Labute approximate surface area is 95.7 Å². The van der Waals surface area contributed by atoms with Gasteiger partial charge in [0.05, 0.1) is 12.8 Å². The summed E-state index contributed by atoms with van der Waals surface area (Å²) in [5.74, 6) is 1.97. The molecule has 2 aromatic rings. The Kier molecular flexibility index (Phi) is 2.95. The first kappa shape index (κ1) is 10.7. The standard InChI is InChI=1S/C13H16N2O/c1-10-9-15(2)13(14-10)8-11-4-6-12(16-3)7-5-11/h4-7,9H,8H2,1-3H3. The van der Waals surface area contributed by atoms with E-state index in [4.69, 9.17) is 4.74 Å². The number of benzene rings is 1. The lowest BCUT2D eigenvalue weighted by Crippen LogP contribution is -1.98. The lowest BCUT2D eigenvalue weighted by Gasteiger charge is -2.03. The maximum atomic E-state index is 5.13. The second-order valence-electron chi connectivity index (χ2n) is 3.93. The van der Waals surface area contributed by atoms with Crippen LogP contribution < -0.4 is 4.74 Å². The molecule has 0 unspecified atom stereocenters. The fourth-order valence-corrected chi connectivity index (χ4v) is 1.76. The first-order valence-corrected chi connectivity index (χ1v) is 5.31. The van der Waals surface area contributed by atoms with Gasteiger partial charge >= 0.3 is 0 Å². The molecule has 0 aliphatic rings. The Morgan fingerprint density at radius 2 is 1.94 bits per heavy atom. The number of aromatic nitrogens is 2. The lowest BCUT2D eigenvalue weighted by molar-refractivity contribution is 0.414. The molecule has 0 saturated carbocycles. The van der Waals surface area contributed by atoms with Crippen LogP contribution in [0, 0.1) is 6.92 Å². The van der Waals surface area contributed by atoms with Crippen LogP contribution in [-0.4, -0.2) is 16.7 Å². The molecule has 0 spiro atoms. The highest BCUT2D eigenvalue weighted by Crippen LogP contribution is 2.14.